The van der Waals surface area contributed by atoms with Gasteiger partial charge in [-0.15, -0.1) is 0 Å². The number of carbonyl (C=O) groups excluding carboxylic acids is 3. The lowest BCUT2D eigenvalue weighted by Crippen LogP contribution is -2.50. The van der Waals surface area contributed by atoms with Crippen LogP contribution in [0.4, 0.5) is 0 Å². The third kappa shape index (κ3) is 6.08. The SMILES string of the molecule is CCOC(=O)C(Cc1ccccc1)NC(=O)C1CCN(C(=O)C(C)(C)C)CC1. The van der Waals surface area contributed by atoms with Crippen LogP contribution >= 0.6 is 0 Å². The van der Waals surface area contributed by atoms with Crippen LogP contribution in [-0.4, -0.2) is 48.4 Å². The standard InChI is InChI=1S/C22H32N2O4/c1-5-28-20(26)18(15-16-9-7-6-8-10-16)23-19(25)17-11-13-24(14-12-17)21(27)22(2,3)4/h6-10,17-18H,5,11-15H2,1-4H3,(H,23,25). The van der Waals surface area contributed by atoms with Gasteiger partial charge in [0.1, 0.15) is 6.04 Å². The number of hydrogen-bond acceptors (Lipinski definition) is 4. The Morgan fingerprint density at radius 2 is 1.75 bits per heavy atom. The number of nitrogens with one attached hydrogen (secondary N) is 1. The van der Waals surface area contributed by atoms with Gasteiger partial charge in [0.25, 0.3) is 0 Å². The first-order valence-electron chi connectivity index (χ1n) is 10.0. The van der Waals surface area contributed by atoms with Crippen molar-refractivity contribution in [1.82, 2.24) is 10.2 Å². The van der Waals surface area contributed by atoms with Crippen molar-refractivity contribution in [2.24, 2.45) is 11.3 Å². The van der Waals surface area contributed by atoms with Crippen molar-refractivity contribution >= 4 is 17.8 Å². The van der Waals surface area contributed by atoms with Crippen LogP contribution in [0.15, 0.2) is 30.3 Å². The lowest BCUT2D eigenvalue weighted by Gasteiger charge is -2.35. The maximum Gasteiger partial charge on any atom is 0.328 e. The van der Waals surface area contributed by atoms with Gasteiger partial charge in [-0.2, -0.15) is 0 Å². The molecule has 1 aromatic rings. The molecule has 0 bridgehead atoms. The Morgan fingerprint density at radius 3 is 2.29 bits per heavy atom. The Morgan fingerprint density at radius 1 is 1.14 bits per heavy atom. The highest BCUT2D eigenvalue weighted by Gasteiger charge is 2.33. The topological polar surface area (TPSA) is 75.7 Å². The van der Waals surface area contributed by atoms with E-state index in [2.05, 4.69) is 5.32 Å². The molecule has 6 nitrogen and oxygen atoms in total. The molecule has 1 heterocycles. The van der Waals surface area contributed by atoms with Gasteiger partial charge in [-0.25, -0.2) is 4.79 Å². The van der Waals surface area contributed by atoms with Crippen molar-refractivity contribution in [3.05, 3.63) is 35.9 Å². The second-order valence-electron chi connectivity index (χ2n) is 8.32. The summed E-state index contributed by atoms with van der Waals surface area (Å²) in [7, 11) is 0. The zero-order chi connectivity index (χ0) is 20.7. The van der Waals surface area contributed by atoms with Crippen LogP contribution < -0.4 is 5.32 Å². The third-order valence-corrected chi connectivity index (χ3v) is 4.96. The molecule has 0 saturated carbocycles. The summed E-state index contributed by atoms with van der Waals surface area (Å²) in [5.41, 5.74) is 0.547. The molecule has 6 heteroatoms. The van der Waals surface area contributed by atoms with E-state index in [4.69, 9.17) is 4.74 Å². The first-order valence-corrected chi connectivity index (χ1v) is 10.0. The van der Waals surface area contributed by atoms with E-state index in [1.54, 1.807) is 6.92 Å². The quantitative estimate of drug-likeness (QED) is 0.760. The molecule has 1 N–H and O–H groups in total. The first-order chi connectivity index (χ1) is 13.2. The van der Waals surface area contributed by atoms with Crippen molar-refractivity contribution in [1.29, 1.82) is 0 Å². The van der Waals surface area contributed by atoms with Crippen molar-refractivity contribution in [3.8, 4) is 0 Å². The predicted octanol–water partition coefficient (Wildman–Crippen LogP) is 2.56. The zero-order valence-corrected chi connectivity index (χ0v) is 17.4. The minimum absolute atomic E-state index is 0.111. The summed E-state index contributed by atoms with van der Waals surface area (Å²) in [5.74, 6) is -0.645. The molecular weight excluding hydrogens is 356 g/mol. The molecule has 1 fully saturated rings. The highest BCUT2D eigenvalue weighted by Crippen LogP contribution is 2.24. The van der Waals surface area contributed by atoms with Crippen LogP contribution in [0.1, 0.15) is 46.1 Å². The summed E-state index contributed by atoms with van der Waals surface area (Å²) < 4.78 is 5.14. The van der Waals surface area contributed by atoms with E-state index in [-0.39, 0.29) is 24.3 Å². The van der Waals surface area contributed by atoms with Gasteiger partial charge < -0.3 is 15.0 Å². The fraction of sp³-hybridized carbons (Fsp3) is 0.591. The number of benzene rings is 1. The number of likely N-dealkylation sites (tertiary alicyclic amines) is 1. The van der Waals surface area contributed by atoms with Gasteiger partial charge in [-0.05, 0) is 25.3 Å². The van der Waals surface area contributed by atoms with E-state index in [9.17, 15) is 14.4 Å². The summed E-state index contributed by atoms with van der Waals surface area (Å²) in [6, 6.07) is 8.87. The van der Waals surface area contributed by atoms with Crippen LogP contribution in [0.25, 0.3) is 0 Å². The Labute approximate surface area is 167 Å². The Hall–Kier alpha value is -2.37. The average Bonchev–Trinajstić information content (AvgIpc) is 2.67. The molecule has 1 aliphatic heterocycles. The summed E-state index contributed by atoms with van der Waals surface area (Å²) in [4.78, 5) is 39.3. The number of hydrogen-bond donors (Lipinski definition) is 1. The lowest BCUT2D eigenvalue weighted by atomic mass is 9.90. The van der Waals surface area contributed by atoms with E-state index in [1.807, 2.05) is 56.0 Å². The van der Waals surface area contributed by atoms with E-state index in [0.29, 0.717) is 32.4 Å². The van der Waals surface area contributed by atoms with E-state index >= 15 is 0 Å². The second-order valence-corrected chi connectivity index (χ2v) is 8.32. The molecule has 1 aliphatic rings. The fourth-order valence-electron chi connectivity index (χ4n) is 3.39. The van der Waals surface area contributed by atoms with Crippen molar-refractivity contribution in [2.45, 2.75) is 53.0 Å². The Kier molecular flexibility index (Phi) is 7.61. The number of carbonyl (C=O) groups is 3. The number of ether oxygens (including phenoxy) is 1. The van der Waals surface area contributed by atoms with Crippen molar-refractivity contribution in [2.75, 3.05) is 19.7 Å². The molecule has 0 aromatic heterocycles. The van der Waals surface area contributed by atoms with E-state index < -0.39 is 17.4 Å². The summed E-state index contributed by atoms with van der Waals surface area (Å²) >= 11 is 0. The predicted molar refractivity (Wildman–Crippen MR) is 107 cm³/mol. The highest BCUT2D eigenvalue weighted by molar-refractivity contribution is 5.86. The van der Waals surface area contributed by atoms with Gasteiger partial charge in [0.15, 0.2) is 0 Å². The molecule has 1 atom stereocenters. The molecular formula is C22H32N2O4. The molecule has 2 rings (SSSR count). The molecule has 1 aromatic carbocycles. The van der Waals surface area contributed by atoms with Crippen LogP contribution in [0, 0.1) is 11.3 Å². The minimum atomic E-state index is -0.705. The number of piperidine rings is 1. The Balaban J connectivity index is 1.96. The normalized spacial score (nSPS) is 16.4. The fourth-order valence-corrected chi connectivity index (χ4v) is 3.39. The molecule has 1 unspecified atom stereocenters. The van der Waals surface area contributed by atoms with Gasteiger partial charge in [0.05, 0.1) is 6.61 Å². The monoisotopic (exact) mass is 388 g/mol. The van der Waals surface area contributed by atoms with Gasteiger partial charge in [-0.3, -0.25) is 9.59 Å². The molecule has 154 valence electrons. The lowest BCUT2D eigenvalue weighted by molar-refractivity contribution is -0.148. The molecule has 28 heavy (non-hydrogen) atoms. The van der Waals surface area contributed by atoms with Crippen molar-refractivity contribution < 1.29 is 19.1 Å². The van der Waals surface area contributed by atoms with Gasteiger partial charge in [-0.1, -0.05) is 51.1 Å². The summed E-state index contributed by atoms with van der Waals surface area (Å²) in [6.45, 7) is 8.87. The number of nitrogens with zero attached hydrogens (tertiary/aromatic N) is 1. The average molecular weight is 389 g/mol. The highest BCUT2D eigenvalue weighted by atomic mass is 16.5. The maximum absolute atomic E-state index is 12.8. The van der Waals surface area contributed by atoms with Crippen LogP contribution in [0.3, 0.4) is 0 Å². The smallest absolute Gasteiger partial charge is 0.328 e. The third-order valence-electron chi connectivity index (χ3n) is 4.96. The summed E-state index contributed by atoms with van der Waals surface area (Å²) in [5, 5.41) is 2.88. The number of rotatable bonds is 6. The maximum atomic E-state index is 12.8. The molecule has 0 aliphatic carbocycles. The second kappa shape index (κ2) is 9.71. The van der Waals surface area contributed by atoms with Crippen LogP contribution in [0.2, 0.25) is 0 Å². The molecule has 0 spiro atoms. The van der Waals surface area contributed by atoms with E-state index in [0.717, 1.165) is 5.56 Å². The van der Waals surface area contributed by atoms with Gasteiger partial charge in [0.2, 0.25) is 11.8 Å². The van der Waals surface area contributed by atoms with Gasteiger partial charge in [0, 0.05) is 30.8 Å². The largest absolute Gasteiger partial charge is 0.464 e. The van der Waals surface area contributed by atoms with Crippen LogP contribution in [-0.2, 0) is 25.5 Å². The molecule has 1 saturated heterocycles. The molecule has 0 radical (unpaired) electrons. The summed E-state index contributed by atoms with van der Waals surface area (Å²) in [6.07, 6.45) is 1.61. The Bertz CT molecular complexity index is 674. The van der Waals surface area contributed by atoms with E-state index in [1.165, 1.54) is 0 Å². The zero-order valence-electron chi connectivity index (χ0n) is 17.4. The van der Waals surface area contributed by atoms with Crippen molar-refractivity contribution in [3.63, 3.8) is 0 Å². The minimum Gasteiger partial charge on any atom is -0.464 e. The van der Waals surface area contributed by atoms with Gasteiger partial charge >= 0.3 is 5.97 Å². The van der Waals surface area contributed by atoms with Crippen LogP contribution in [0.5, 0.6) is 0 Å². The number of amides is 2. The molecule has 2 amide bonds. The first kappa shape index (κ1) is 21.9. The number of esters is 1.